The number of nitrogens with zero attached hydrogens (tertiary/aromatic N) is 2. The maximum atomic E-state index is 4.67. The van der Waals surface area contributed by atoms with Gasteiger partial charge in [-0.25, -0.2) is 0 Å². The van der Waals surface area contributed by atoms with E-state index in [1.165, 1.54) is 7.11 Å². The topological polar surface area (TPSA) is 43.2 Å². The molecule has 12 heavy (non-hydrogen) atoms. The van der Waals surface area contributed by atoms with Gasteiger partial charge in [0.15, 0.2) is 0 Å². The van der Waals surface area contributed by atoms with Crippen molar-refractivity contribution in [2.45, 2.75) is 26.7 Å². The Bertz CT molecular complexity index is 176. The Morgan fingerprint density at radius 1 is 1.17 bits per heavy atom. The van der Waals surface area contributed by atoms with E-state index in [0.717, 1.165) is 17.8 Å². The standard InChI is InChI=1S/C8H16N2O2/c1-5-8(10-12-4)6-7(2)9-11-3/h5-6H2,1-4H3. The third kappa shape index (κ3) is 4.71. The molecule has 0 aromatic carbocycles. The molecule has 0 aromatic heterocycles. The second-order valence-corrected chi connectivity index (χ2v) is 2.38. The summed E-state index contributed by atoms with van der Waals surface area (Å²) >= 11 is 0. The SMILES string of the molecule is CCC(CC(C)=NOC)=NOC. The Morgan fingerprint density at radius 2 is 1.75 bits per heavy atom. The zero-order chi connectivity index (χ0) is 9.40. The normalized spacial score (nSPS) is 13.0. The van der Waals surface area contributed by atoms with Gasteiger partial charge in [0.2, 0.25) is 0 Å². The quantitative estimate of drug-likeness (QED) is 0.469. The van der Waals surface area contributed by atoms with Gasteiger partial charge in [-0.1, -0.05) is 17.2 Å². The number of rotatable bonds is 5. The van der Waals surface area contributed by atoms with E-state index in [0.29, 0.717) is 6.42 Å². The Labute approximate surface area is 73.2 Å². The Balaban J connectivity index is 4.02. The molecule has 0 N–H and O–H groups in total. The van der Waals surface area contributed by atoms with Crippen LogP contribution in [0.2, 0.25) is 0 Å². The molecule has 0 bridgehead atoms. The van der Waals surface area contributed by atoms with Crippen molar-refractivity contribution in [1.29, 1.82) is 0 Å². The van der Waals surface area contributed by atoms with Gasteiger partial charge < -0.3 is 9.68 Å². The molecule has 0 fully saturated rings. The van der Waals surface area contributed by atoms with Crippen LogP contribution in [0.25, 0.3) is 0 Å². The first kappa shape index (κ1) is 10.9. The minimum absolute atomic E-state index is 0.707. The molecular formula is C8H16N2O2. The van der Waals surface area contributed by atoms with Crippen LogP contribution in [0.4, 0.5) is 0 Å². The summed E-state index contributed by atoms with van der Waals surface area (Å²) in [4.78, 5) is 9.29. The molecule has 0 saturated carbocycles. The molecule has 0 heterocycles. The summed E-state index contributed by atoms with van der Waals surface area (Å²) in [5.41, 5.74) is 1.87. The molecule has 0 saturated heterocycles. The van der Waals surface area contributed by atoms with Gasteiger partial charge in [0, 0.05) is 6.42 Å². The van der Waals surface area contributed by atoms with Crippen molar-refractivity contribution in [1.82, 2.24) is 0 Å². The molecule has 0 aliphatic heterocycles. The van der Waals surface area contributed by atoms with Crippen LogP contribution >= 0.6 is 0 Å². The highest BCUT2D eigenvalue weighted by Gasteiger charge is 2.00. The lowest BCUT2D eigenvalue weighted by molar-refractivity contribution is 0.210. The molecule has 0 spiro atoms. The first-order valence-electron chi connectivity index (χ1n) is 3.90. The summed E-state index contributed by atoms with van der Waals surface area (Å²) in [6.45, 7) is 3.92. The third-order valence-electron chi connectivity index (χ3n) is 1.34. The average molecular weight is 172 g/mol. The lowest BCUT2D eigenvalue weighted by atomic mass is 10.1. The minimum atomic E-state index is 0.707. The average Bonchev–Trinajstić information content (AvgIpc) is 2.04. The highest BCUT2D eigenvalue weighted by Crippen LogP contribution is 1.96. The zero-order valence-electron chi connectivity index (χ0n) is 8.13. The lowest BCUT2D eigenvalue weighted by Gasteiger charge is -2.00. The van der Waals surface area contributed by atoms with Crippen LogP contribution in [0, 0.1) is 0 Å². The predicted molar refractivity (Wildman–Crippen MR) is 49.5 cm³/mol. The van der Waals surface area contributed by atoms with E-state index in [9.17, 15) is 0 Å². The minimum Gasteiger partial charge on any atom is -0.399 e. The van der Waals surface area contributed by atoms with Crippen molar-refractivity contribution in [3.63, 3.8) is 0 Å². The van der Waals surface area contributed by atoms with Gasteiger partial charge in [0.05, 0.1) is 11.4 Å². The van der Waals surface area contributed by atoms with Crippen LogP contribution in [0.15, 0.2) is 10.3 Å². The molecule has 4 nitrogen and oxygen atoms in total. The molecule has 0 aromatic rings. The Hall–Kier alpha value is -1.06. The second-order valence-electron chi connectivity index (χ2n) is 2.38. The van der Waals surface area contributed by atoms with Crippen LogP contribution in [0.5, 0.6) is 0 Å². The van der Waals surface area contributed by atoms with Crippen LogP contribution in [0.1, 0.15) is 26.7 Å². The van der Waals surface area contributed by atoms with Gasteiger partial charge in [-0.2, -0.15) is 0 Å². The number of hydrogen-bond acceptors (Lipinski definition) is 4. The fourth-order valence-corrected chi connectivity index (χ4v) is 0.834. The lowest BCUT2D eigenvalue weighted by Crippen LogP contribution is -2.04. The van der Waals surface area contributed by atoms with Crippen molar-refractivity contribution in [3.05, 3.63) is 0 Å². The summed E-state index contributed by atoms with van der Waals surface area (Å²) < 4.78 is 0. The Kier molecular flexibility index (Phi) is 6.05. The van der Waals surface area contributed by atoms with Gasteiger partial charge in [-0.3, -0.25) is 0 Å². The monoisotopic (exact) mass is 172 g/mol. The molecule has 0 amide bonds. The maximum absolute atomic E-state index is 4.67. The molecule has 0 aliphatic carbocycles. The van der Waals surface area contributed by atoms with Crippen LogP contribution in [-0.4, -0.2) is 25.6 Å². The molecule has 70 valence electrons. The highest BCUT2D eigenvalue weighted by atomic mass is 16.6. The van der Waals surface area contributed by atoms with Crippen molar-refractivity contribution >= 4 is 11.4 Å². The number of hydrogen-bond donors (Lipinski definition) is 0. The van der Waals surface area contributed by atoms with Gasteiger partial charge in [0.1, 0.15) is 14.2 Å². The fraction of sp³-hybridized carbons (Fsp3) is 0.750. The van der Waals surface area contributed by atoms with Crippen molar-refractivity contribution in [2.24, 2.45) is 10.3 Å². The summed E-state index contributed by atoms with van der Waals surface area (Å²) in [5.74, 6) is 0. The van der Waals surface area contributed by atoms with Gasteiger partial charge in [-0.15, -0.1) is 0 Å². The summed E-state index contributed by atoms with van der Waals surface area (Å²) in [7, 11) is 3.07. The summed E-state index contributed by atoms with van der Waals surface area (Å²) in [6, 6.07) is 0. The molecule has 0 aliphatic rings. The van der Waals surface area contributed by atoms with Crippen molar-refractivity contribution in [3.8, 4) is 0 Å². The first-order chi connectivity index (χ1) is 5.74. The van der Waals surface area contributed by atoms with Crippen LogP contribution in [-0.2, 0) is 9.68 Å². The Morgan fingerprint density at radius 3 is 2.17 bits per heavy atom. The van der Waals surface area contributed by atoms with Crippen LogP contribution < -0.4 is 0 Å². The van der Waals surface area contributed by atoms with E-state index in [2.05, 4.69) is 20.0 Å². The molecule has 0 atom stereocenters. The van der Waals surface area contributed by atoms with E-state index in [-0.39, 0.29) is 0 Å². The second kappa shape index (κ2) is 6.64. The predicted octanol–water partition coefficient (Wildman–Crippen LogP) is 1.81. The molecular weight excluding hydrogens is 156 g/mol. The first-order valence-corrected chi connectivity index (χ1v) is 3.90. The van der Waals surface area contributed by atoms with E-state index >= 15 is 0 Å². The third-order valence-corrected chi connectivity index (χ3v) is 1.34. The van der Waals surface area contributed by atoms with Gasteiger partial charge >= 0.3 is 0 Å². The zero-order valence-corrected chi connectivity index (χ0v) is 8.13. The summed E-state index contributed by atoms with van der Waals surface area (Å²) in [6.07, 6.45) is 1.57. The van der Waals surface area contributed by atoms with Crippen molar-refractivity contribution < 1.29 is 9.68 Å². The van der Waals surface area contributed by atoms with E-state index in [1.807, 2.05) is 13.8 Å². The molecule has 4 heteroatoms. The smallest absolute Gasteiger partial charge is 0.106 e. The largest absolute Gasteiger partial charge is 0.399 e. The fourth-order valence-electron chi connectivity index (χ4n) is 0.834. The van der Waals surface area contributed by atoms with Gasteiger partial charge in [0.25, 0.3) is 0 Å². The summed E-state index contributed by atoms with van der Waals surface area (Å²) in [5, 5.41) is 7.62. The highest BCUT2D eigenvalue weighted by molar-refractivity contribution is 6.02. The molecule has 0 radical (unpaired) electrons. The van der Waals surface area contributed by atoms with E-state index < -0.39 is 0 Å². The molecule has 0 rings (SSSR count). The molecule has 0 unspecified atom stereocenters. The van der Waals surface area contributed by atoms with Crippen LogP contribution in [0.3, 0.4) is 0 Å². The van der Waals surface area contributed by atoms with E-state index in [1.54, 1.807) is 7.11 Å². The van der Waals surface area contributed by atoms with Crippen molar-refractivity contribution in [2.75, 3.05) is 14.2 Å². The van der Waals surface area contributed by atoms with Gasteiger partial charge in [-0.05, 0) is 13.3 Å². The van der Waals surface area contributed by atoms with E-state index in [4.69, 9.17) is 0 Å². The number of oxime groups is 2. The maximum Gasteiger partial charge on any atom is 0.106 e.